The molecule has 7 heteroatoms. The Morgan fingerprint density at radius 3 is 2.42 bits per heavy atom. The van der Waals surface area contributed by atoms with Crippen molar-refractivity contribution in [3.05, 3.63) is 94.6 Å². The van der Waals surface area contributed by atoms with Gasteiger partial charge in [-0.25, -0.2) is 0 Å². The first kappa shape index (κ1) is 22.2. The summed E-state index contributed by atoms with van der Waals surface area (Å²) >= 11 is 0. The molecule has 7 nitrogen and oxygen atoms in total. The molecule has 0 saturated carbocycles. The van der Waals surface area contributed by atoms with Gasteiger partial charge in [-0.2, -0.15) is 0 Å². The molecular formula is C26H25NO6. The molecule has 0 bridgehead atoms. The molecule has 1 aliphatic rings. The molecule has 3 aromatic rings. The second-order valence-corrected chi connectivity index (χ2v) is 7.82. The van der Waals surface area contributed by atoms with E-state index in [0.717, 1.165) is 16.7 Å². The largest absolute Gasteiger partial charge is 0.503 e. The highest BCUT2D eigenvalue weighted by Crippen LogP contribution is 2.39. The molecule has 1 aromatic heterocycles. The molecule has 4 rings (SSSR count). The summed E-state index contributed by atoms with van der Waals surface area (Å²) in [6.45, 7) is 2.24. The summed E-state index contributed by atoms with van der Waals surface area (Å²) in [4.78, 5) is 27.8. The second kappa shape index (κ2) is 9.24. The molecule has 0 aliphatic carbocycles. The normalized spacial score (nSPS) is 15.8. The standard InChI is InChI=1S/C26H25NO6/c1-16-6-9-18(10-7-16)23-22(24(28)20-5-4-14-33-20)25(29)26(30)27(23)13-12-17-8-11-19(31-2)21(15-17)32-3/h4-11,14-15,23,29H,12-13H2,1-3H3. The zero-order valence-electron chi connectivity index (χ0n) is 18.7. The number of rotatable bonds is 8. The van der Waals surface area contributed by atoms with Gasteiger partial charge in [0.25, 0.3) is 5.91 Å². The van der Waals surface area contributed by atoms with E-state index in [9.17, 15) is 14.7 Å². The number of methoxy groups -OCH3 is 2. The summed E-state index contributed by atoms with van der Waals surface area (Å²) in [5, 5.41) is 10.7. The van der Waals surface area contributed by atoms with E-state index in [1.165, 1.54) is 17.2 Å². The quantitative estimate of drug-likeness (QED) is 0.514. The number of aliphatic hydroxyl groups is 1. The number of ketones is 1. The number of hydrogen-bond donors (Lipinski definition) is 1. The second-order valence-electron chi connectivity index (χ2n) is 7.82. The van der Waals surface area contributed by atoms with Crippen molar-refractivity contribution in [2.24, 2.45) is 0 Å². The van der Waals surface area contributed by atoms with E-state index >= 15 is 0 Å². The topological polar surface area (TPSA) is 89.2 Å². The van der Waals surface area contributed by atoms with Crippen LogP contribution in [0.3, 0.4) is 0 Å². The number of ether oxygens (including phenoxy) is 2. The van der Waals surface area contributed by atoms with Crippen molar-refractivity contribution in [3.63, 3.8) is 0 Å². The lowest BCUT2D eigenvalue weighted by Crippen LogP contribution is -2.33. The molecule has 1 N–H and O–H groups in total. The summed E-state index contributed by atoms with van der Waals surface area (Å²) in [5.41, 5.74) is 2.73. The smallest absolute Gasteiger partial charge is 0.290 e. The van der Waals surface area contributed by atoms with Crippen LogP contribution >= 0.6 is 0 Å². The van der Waals surface area contributed by atoms with E-state index in [-0.39, 0.29) is 17.9 Å². The molecule has 0 saturated heterocycles. The van der Waals surface area contributed by atoms with Crippen LogP contribution in [0.1, 0.15) is 33.3 Å². The van der Waals surface area contributed by atoms with Crippen LogP contribution in [0.4, 0.5) is 0 Å². The van der Waals surface area contributed by atoms with E-state index in [4.69, 9.17) is 13.9 Å². The predicted octanol–water partition coefficient (Wildman–Crippen LogP) is 4.43. The van der Waals surface area contributed by atoms with E-state index in [0.29, 0.717) is 17.9 Å². The first-order valence-corrected chi connectivity index (χ1v) is 10.5. The summed E-state index contributed by atoms with van der Waals surface area (Å²) in [5.74, 6) is -0.368. The van der Waals surface area contributed by atoms with Gasteiger partial charge in [-0.05, 0) is 48.7 Å². The number of carbonyl (C=O) groups is 2. The lowest BCUT2D eigenvalue weighted by Gasteiger charge is -2.27. The van der Waals surface area contributed by atoms with Crippen molar-refractivity contribution < 1.29 is 28.6 Å². The van der Waals surface area contributed by atoms with Crippen molar-refractivity contribution in [2.75, 3.05) is 20.8 Å². The van der Waals surface area contributed by atoms with E-state index in [2.05, 4.69) is 0 Å². The highest BCUT2D eigenvalue weighted by Gasteiger charge is 2.44. The Morgan fingerprint density at radius 2 is 1.79 bits per heavy atom. The number of aryl methyl sites for hydroxylation is 1. The molecule has 2 aromatic carbocycles. The molecule has 0 fully saturated rings. The average Bonchev–Trinajstić information content (AvgIpc) is 3.45. The molecule has 33 heavy (non-hydrogen) atoms. The maximum atomic E-state index is 13.2. The number of hydrogen-bond acceptors (Lipinski definition) is 6. The minimum Gasteiger partial charge on any atom is -0.503 e. The van der Waals surface area contributed by atoms with Gasteiger partial charge in [0.1, 0.15) is 0 Å². The molecule has 1 amide bonds. The van der Waals surface area contributed by atoms with Gasteiger partial charge in [-0.1, -0.05) is 35.9 Å². The highest BCUT2D eigenvalue weighted by atomic mass is 16.5. The van der Waals surface area contributed by atoms with Crippen LogP contribution in [0.5, 0.6) is 11.5 Å². The molecular weight excluding hydrogens is 422 g/mol. The van der Waals surface area contributed by atoms with Crippen LogP contribution in [-0.4, -0.2) is 42.5 Å². The maximum absolute atomic E-state index is 13.2. The predicted molar refractivity (Wildman–Crippen MR) is 122 cm³/mol. The van der Waals surface area contributed by atoms with Gasteiger partial charge in [-0.15, -0.1) is 0 Å². The summed E-state index contributed by atoms with van der Waals surface area (Å²) in [7, 11) is 3.13. The fraction of sp³-hybridized carbons (Fsp3) is 0.231. The van der Waals surface area contributed by atoms with Crippen LogP contribution in [0.2, 0.25) is 0 Å². The number of carbonyl (C=O) groups excluding carboxylic acids is 2. The maximum Gasteiger partial charge on any atom is 0.290 e. The Morgan fingerprint density at radius 1 is 1.06 bits per heavy atom. The third-order valence-corrected chi connectivity index (χ3v) is 5.78. The van der Waals surface area contributed by atoms with Crippen LogP contribution in [0.25, 0.3) is 0 Å². The zero-order valence-corrected chi connectivity index (χ0v) is 18.7. The number of aliphatic hydroxyl groups excluding tert-OH is 1. The first-order valence-electron chi connectivity index (χ1n) is 10.5. The van der Waals surface area contributed by atoms with E-state index in [1.807, 2.05) is 43.3 Å². The molecule has 170 valence electrons. The van der Waals surface area contributed by atoms with Crippen molar-refractivity contribution in [2.45, 2.75) is 19.4 Å². The zero-order chi connectivity index (χ0) is 23.5. The minimum atomic E-state index is -0.726. The number of nitrogens with zero attached hydrogens (tertiary/aromatic N) is 1. The number of Topliss-reactive ketones (excluding diaryl/α,β-unsaturated/α-hetero) is 1. The van der Waals surface area contributed by atoms with Crippen molar-refractivity contribution >= 4 is 11.7 Å². The number of benzene rings is 2. The molecule has 0 radical (unpaired) electrons. The lowest BCUT2D eigenvalue weighted by atomic mass is 9.94. The first-order chi connectivity index (χ1) is 15.9. The van der Waals surface area contributed by atoms with Gasteiger partial charge in [-0.3, -0.25) is 9.59 Å². The number of amides is 1. The minimum absolute atomic E-state index is 0.0196. The SMILES string of the molecule is COc1ccc(CCN2C(=O)C(O)=C(C(=O)c3ccco3)C2c2ccc(C)cc2)cc1OC. The molecule has 1 atom stereocenters. The van der Waals surface area contributed by atoms with Gasteiger partial charge in [0.05, 0.1) is 32.1 Å². The Bertz CT molecular complexity index is 1190. The van der Waals surface area contributed by atoms with Gasteiger partial charge >= 0.3 is 0 Å². The van der Waals surface area contributed by atoms with Crippen LogP contribution in [-0.2, 0) is 11.2 Å². The van der Waals surface area contributed by atoms with Gasteiger partial charge in [0.15, 0.2) is 23.0 Å². The van der Waals surface area contributed by atoms with Gasteiger partial charge in [0, 0.05) is 6.54 Å². The molecule has 1 unspecified atom stereocenters. The fourth-order valence-electron chi connectivity index (χ4n) is 4.04. The van der Waals surface area contributed by atoms with Crippen molar-refractivity contribution in [3.8, 4) is 11.5 Å². The van der Waals surface area contributed by atoms with Crippen LogP contribution in [0, 0.1) is 6.92 Å². The Hall–Kier alpha value is -4.00. The average molecular weight is 447 g/mol. The Kier molecular flexibility index (Phi) is 6.22. The van der Waals surface area contributed by atoms with Gasteiger partial charge in [0.2, 0.25) is 5.78 Å². The van der Waals surface area contributed by atoms with Crippen molar-refractivity contribution in [1.29, 1.82) is 0 Å². The highest BCUT2D eigenvalue weighted by molar-refractivity contribution is 6.15. The molecule has 0 spiro atoms. The lowest BCUT2D eigenvalue weighted by molar-refractivity contribution is -0.129. The Labute approximate surface area is 191 Å². The summed E-state index contributed by atoms with van der Waals surface area (Å²) < 4.78 is 15.9. The van der Waals surface area contributed by atoms with E-state index < -0.39 is 23.5 Å². The molecule has 1 aliphatic heterocycles. The van der Waals surface area contributed by atoms with E-state index in [1.54, 1.807) is 26.4 Å². The third-order valence-electron chi connectivity index (χ3n) is 5.78. The number of furan rings is 1. The van der Waals surface area contributed by atoms with Crippen LogP contribution in [0.15, 0.2) is 76.6 Å². The van der Waals surface area contributed by atoms with Crippen LogP contribution < -0.4 is 9.47 Å². The van der Waals surface area contributed by atoms with Gasteiger partial charge < -0.3 is 23.9 Å². The molecule has 2 heterocycles. The monoisotopic (exact) mass is 447 g/mol. The summed E-state index contributed by atoms with van der Waals surface area (Å²) in [6.07, 6.45) is 1.88. The summed E-state index contributed by atoms with van der Waals surface area (Å²) in [6, 6.07) is 15.5. The Balaban J connectivity index is 1.67. The fourth-order valence-corrected chi connectivity index (χ4v) is 4.04. The van der Waals surface area contributed by atoms with Crippen molar-refractivity contribution in [1.82, 2.24) is 4.90 Å². The third kappa shape index (κ3) is 4.22.